The highest BCUT2D eigenvalue weighted by Crippen LogP contribution is 2.30. The van der Waals surface area contributed by atoms with Crippen molar-refractivity contribution < 1.29 is 14.3 Å². The van der Waals surface area contributed by atoms with Crippen molar-refractivity contribution in [2.24, 2.45) is 11.8 Å². The monoisotopic (exact) mass is 346 g/mol. The van der Waals surface area contributed by atoms with Crippen molar-refractivity contribution in [3.05, 3.63) is 24.3 Å². The lowest BCUT2D eigenvalue weighted by Crippen LogP contribution is -2.35. The van der Waals surface area contributed by atoms with Crippen LogP contribution in [0, 0.1) is 11.8 Å². The minimum atomic E-state index is -0.0122. The van der Waals surface area contributed by atoms with Gasteiger partial charge in [-0.3, -0.25) is 9.59 Å². The van der Waals surface area contributed by atoms with E-state index in [1.165, 1.54) is 0 Å². The van der Waals surface area contributed by atoms with Crippen LogP contribution in [0.15, 0.2) is 24.3 Å². The Morgan fingerprint density at radius 2 is 1.60 bits per heavy atom. The highest BCUT2D eigenvalue weighted by molar-refractivity contribution is 5.92. The van der Waals surface area contributed by atoms with Crippen molar-refractivity contribution in [2.75, 3.05) is 11.9 Å². The van der Waals surface area contributed by atoms with Crippen LogP contribution in [-0.4, -0.2) is 24.5 Å². The summed E-state index contributed by atoms with van der Waals surface area (Å²) in [6, 6.07) is 7.45. The molecule has 2 amide bonds. The van der Waals surface area contributed by atoms with E-state index in [1.807, 2.05) is 45.0 Å². The van der Waals surface area contributed by atoms with Gasteiger partial charge in [0.15, 0.2) is 0 Å². The maximum absolute atomic E-state index is 12.4. The molecule has 0 atom stereocenters. The van der Waals surface area contributed by atoms with Crippen LogP contribution in [0.5, 0.6) is 5.75 Å². The van der Waals surface area contributed by atoms with Gasteiger partial charge >= 0.3 is 0 Å². The Kier molecular flexibility index (Phi) is 7.29. The molecule has 1 fully saturated rings. The van der Waals surface area contributed by atoms with Gasteiger partial charge in [0, 0.05) is 24.1 Å². The second-order valence-electron chi connectivity index (χ2n) is 7.02. The summed E-state index contributed by atoms with van der Waals surface area (Å²) in [5, 5.41) is 5.93. The van der Waals surface area contributed by atoms with E-state index >= 15 is 0 Å². The lowest BCUT2D eigenvalue weighted by molar-refractivity contribution is -0.128. The van der Waals surface area contributed by atoms with E-state index in [0.29, 0.717) is 0 Å². The second kappa shape index (κ2) is 9.44. The molecule has 5 heteroatoms. The van der Waals surface area contributed by atoms with Crippen molar-refractivity contribution in [1.82, 2.24) is 5.32 Å². The van der Waals surface area contributed by atoms with Gasteiger partial charge in [-0.05, 0) is 70.2 Å². The summed E-state index contributed by atoms with van der Waals surface area (Å²) in [6.07, 6.45) is 4.19. The molecule has 1 aliphatic rings. The molecule has 1 saturated carbocycles. The van der Waals surface area contributed by atoms with Gasteiger partial charge in [-0.2, -0.15) is 0 Å². The van der Waals surface area contributed by atoms with Crippen LogP contribution in [0.1, 0.15) is 52.9 Å². The Morgan fingerprint density at radius 3 is 2.12 bits per heavy atom. The molecule has 0 saturated heterocycles. The van der Waals surface area contributed by atoms with E-state index in [-0.39, 0.29) is 29.8 Å². The standard InChI is InChI=1S/C20H30N2O3/c1-4-13-21-19(23)15-5-7-16(8-6-15)20(24)22-17-9-11-18(12-10-17)25-14(2)3/h9-12,14-16H,4-8,13H2,1-3H3,(H,21,23)(H,22,24). The maximum atomic E-state index is 12.4. The van der Waals surface area contributed by atoms with Gasteiger partial charge in [0.2, 0.25) is 11.8 Å². The van der Waals surface area contributed by atoms with Gasteiger partial charge in [0.25, 0.3) is 0 Å². The molecule has 1 aromatic carbocycles. The van der Waals surface area contributed by atoms with Gasteiger partial charge in [0.1, 0.15) is 5.75 Å². The summed E-state index contributed by atoms with van der Waals surface area (Å²) in [7, 11) is 0. The molecular formula is C20H30N2O3. The highest BCUT2D eigenvalue weighted by Gasteiger charge is 2.29. The van der Waals surface area contributed by atoms with Crippen molar-refractivity contribution in [1.29, 1.82) is 0 Å². The van der Waals surface area contributed by atoms with Crippen molar-refractivity contribution in [2.45, 2.75) is 59.0 Å². The number of benzene rings is 1. The first-order valence-electron chi connectivity index (χ1n) is 9.35. The number of nitrogens with one attached hydrogen (secondary N) is 2. The quantitative estimate of drug-likeness (QED) is 0.790. The molecule has 0 aliphatic heterocycles. The van der Waals surface area contributed by atoms with Crippen LogP contribution < -0.4 is 15.4 Å². The molecule has 138 valence electrons. The first-order valence-corrected chi connectivity index (χ1v) is 9.35. The molecule has 1 aliphatic carbocycles. The molecule has 0 radical (unpaired) electrons. The smallest absolute Gasteiger partial charge is 0.227 e. The minimum Gasteiger partial charge on any atom is -0.491 e. The number of hydrogen-bond acceptors (Lipinski definition) is 3. The third-order valence-corrected chi connectivity index (χ3v) is 4.51. The molecule has 2 N–H and O–H groups in total. The largest absolute Gasteiger partial charge is 0.491 e. The summed E-state index contributed by atoms with van der Waals surface area (Å²) in [5.41, 5.74) is 0.781. The molecule has 0 bridgehead atoms. The molecule has 0 unspecified atom stereocenters. The molecular weight excluding hydrogens is 316 g/mol. The predicted molar refractivity (Wildman–Crippen MR) is 99.6 cm³/mol. The summed E-state index contributed by atoms with van der Waals surface area (Å²) in [6.45, 7) is 6.74. The van der Waals surface area contributed by atoms with Crippen LogP contribution in [0.25, 0.3) is 0 Å². The van der Waals surface area contributed by atoms with Crippen LogP contribution in [-0.2, 0) is 9.59 Å². The second-order valence-corrected chi connectivity index (χ2v) is 7.02. The lowest BCUT2D eigenvalue weighted by atomic mass is 9.81. The maximum Gasteiger partial charge on any atom is 0.227 e. The Hall–Kier alpha value is -2.04. The summed E-state index contributed by atoms with van der Waals surface area (Å²) in [5.74, 6) is 1.03. The summed E-state index contributed by atoms with van der Waals surface area (Å²) < 4.78 is 5.60. The fourth-order valence-electron chi connectivity index (χ4n) is 3.14. The van der Waals surface area contributed by atoms with Gasteiger partial charge < -0.3 is 15.4 Å². The first kappa shape index (κ1) is 19.3. The fraction of sp³-hybridized carbons (Fsp3) is 0.600. The van der Waals surface area contributed by atoms with Crippen LogP contribution >= 0.6 is 0 Å². The van der Waals surface area contributed by atoms with Crippen molar-refractivity contribution >= 4 is 17.5 Å². The van der Waals surface area contributed by atoms with E-state index in [4.69, 9.17) is 4.74 Å². The van der Waals surface area contributed by atoms with E-state index < -0.39 is 0 Å². The average Bonchev–Trinajstić information content (AvgIpc) is 2.61. The van der Waals surface area contributed by atoms with Crippen molar-refractivity contribution in [3.8, 4) is 5.75 Å². The van der Waals surface area contributed by atoms with Gasteiger partial charge in [0.05, 0.1) is 6.10 Å². The van der Waals surface area contributed by atoms with E-state index in [9.17, 15) is 9.59 Å². The first-order chi connectivity index (χ1) is 12.0. The van der Waals surface area contributed by atoms with Gasteiger partial charge in [-0.25, -0.2) is 0 Å². The van der Waals surface area contributed by atoms with Crippen LogP contribution in [0.2, 0.25) is 0 Å². The zero-order valence-corrected chi connectivity index (χ0v) is 15.5. The highest BCUT2D eigenvalue weighted by atomic mass is 16.5. The topological polar surface area (TPSA) is 67.4 Å². The Morgan fingerprint density at radius 1 is 1.04 bits per heavy atom. The molecule has 1 aromatic rings. The van der Waals surface area contributed by atoms with Gasteiger partial charge in [-0.15, -0.1) is 0 Å². The van der Waals surface area contributed by atoms with E-state index in [0.717, 1.165) is 50.1 Å². The van der Waals surface area contributed by atoms with Gasteiger partial charge in [-0.1, -0.05) is 6.92 Å². The molecule has 5 nitrogen and oxygen atoms in total. The van der Waals surface area contributed by atoms with E-state index in [2.05, 4.69) is 10.6 Å². The average molecular weight is 346 g/mol. The van der Waals surface area contributed by atoms with Crippen LogP contribution in [0.3, 0.4) is 0 Å². The van der Waals surface area contributed by atoms with E-state index in [1.54, 1.807) is 0 Å². The zero-order chi connectivity index (χ0) is 18.2. The predicted octanol–water partition coefficient (Wildman–Crippen LogP) is 3.74. The fourth-order valence-corrected chi connectivity index (χ4v) is 3.14. The zero-order valence-electron chi connectivity index (χ0n) is 15.5. The normalized spacial score (nSPS) is 20.2. The Bertz CT molecular complexity index is 561. The van der Waals surface area contributed by atoms with Crippen molar-refractivity contribution in [3.63, 3.8) is 0 Å². The number of hydrogen-bond donors (Lipinski definition) is 2. The molecule has 0 aromatic heterocycles. The molecule has 0 heterocycles. The number of rotatable bonds is 7. The molecule has 0 spiro atoms. The Balaban J connectivity index is 1.79. The number of anilines is 1. The third-order valence-electron chi connectivity index (χ3n) is 4.51. The lowest BCUT2D eigenvalue weighted by Gasteiger charge is -2.27. The van der Waals surface area contributed by atoms with Crippen LogP contribution in [0.4, 0.5) is 5.69 Å². The number of carbonyl (C=O) groups excluding carboxylic acids is 2. The number of amides is 2. The third kappa shape index (κ3) is 6.07. The summed E-state index contributed by atoms with van der Waals surface area (Å²) >= 11 is 0. The molecule has 2 rings (SSSR count). The molecule has 25 heavy (non-hydrogen) atoms. The minimum absolute atomic E-state index is 0.0122. The SMILES string of the molecule is CCCNC(=O)C1CCC(C(=O)Nc2ccc(OC(C)C)cc2)CC1. The number of carbonyl (C=O) groups is 2. The summed E-state index contributed by atoms with van der Waals surface area (Å²) in [4.78, 5) is 24.4. The number of ether oxygens (including phenoxy) is 1. The Labute approximate surface area is 150 Å².